The molecular weight excluding hydrogens is 448 g/mol. The van der Waals surface area contributed by atoms with Crippen LogP contribution in [0.1, 0.15) is 52.5 Å². The molecule has 0 amide bonds. The number of aliphatic carboxylic acids is 1. The number of hydrogen-bond donors (Lipinski definition) is 3. The number of allylic oxidation sites excluding steroid dienone is 1. The maximum Gasteiger partial charge on any atom is 0.328 e. The molecule has 1 aromatic carbocycles. The molecular formula is C26H36N4O5. The Morgan fingerprint density at radius 2 is 1.94 bits per heavy atom. The van der Waals surface area contributed by atoms with Crippen LogP contribution < -0.4 is 15.0 Å². The summed E-state index contributed by atoms with van der Waals surface area (Å²) < 4.78 is 10.9. The highest BCUT2D eigenvalue weighted by molar-refractivity contribution is 5.91. The largest absolute Gasteiger partial charge is 0.478 e. The van der Waals surface area contributed by atoms with Crippen molar-refractivity contribution in [3.05, 3.63) is 42.2 Å². The molecule has 1 aromatic heterocycles. The Balaban J connectivity index is 2.07. The lowest BCUT2D eigenvalue weighted by atomic mass is 9.98. The third kappa shape index (κ3) is 7.66. The second-order valence-electron chi connectivity index (χ2n) is 9.19. The summed E-state index contributed by atoms with van der Waals surface area (Å²) in [6.07, 6.45) is 6.82. The van der Waals surface area contributed by atoms with Crippen molar-refractivity contribution in [2.75, 3.05) is 36.6 Å². The maximum atomic E-state index is 11.4. The average Bonchev–Trinajstić information content (AvgIpc) is 2.82. The molecule has 0 unspecified atom stereocenters. The van der Waals surface area contributed by atoms with Gasteiger partial charge < -0.3 is 29.9 Å². The summed E-state index contributed by atoms with van der Waals surface area (Å²) in [5, 5.41) is 23.5. The Bertz CT molecular complexity index is 1010. The van der Waals surface area contributed by atoms with Crippen LogP contribution in [0.5, 0.6) is 6.01 Å². The van der Waals surface area contributed by atoms with Crippen molar-refractivity contribution in [2.45, 2.75) is 58.6 Å². The number of aliphatic hydroxyl groups is 1. The van der Waals surface area contributed by atoms with E-state index in [1.165, 1.54) is 6.08 Å². The highest BCUT2D eigenvalue weighted by Gasteiger charge is 2.29. The van der Waals surface area contributed by atoms with Crippen LogP contribution in [0, 0.1) is 0 Å². The molecule has 1 saturated heterocycles. The molecule has 0 saturated carbocycles. The predicted octanol–water partition coefficient (Wildman–Crippen LogP) is 4.25. The van der Waals surface area contributed by atoms with Gasteiger partial charge in [0.15, 0.2) is 0 Å². The summed E-state index contributed by atoms with van der Waals surface area (Å²) in [4.78, 5) is 22.1. The van der Waals surface area contributed by atoms with Crippen molar-refractivity contribution in [1.29, 1.82) is 0 Å². The van der Waals surface area contributed by atoms with Crippen LogP contribution in [0.15, 0.2) is 36.7 Å². The fraction of sp³-hybridized carbons (Fsp3) is 0.500. The van der Waals surface area contributed by atoms with Crippen LogP contribution in [0.4, 0.5) is 17.1 Å². The zero-order valence-electron chi connectivity index (χ0n) is 21.0. The van der Waals surface area contributed by atoms with Crippen molar-refractivity contribution in [3.63, 3.8) is 0 Å². The van der Waals surface area contributed by atoms with Crippen LogP contribution in [-0.2, 0) is 9.53 Å². The van der Waals surface area contributed by atoms with E-state index in [1.807, 2.05) is 32.0 Å². The normalized spacial score (nSPS) is 15.1. The van der Waals surface area contributed by atoms with Crippen LogP contribution in [0.2, 0.25) is 0 Å². The van der Waals surface area contributed by atoms with Crippen LogP contribution in [0.3, 0.4) is 0 Å². The van der Waals surface area contributed by atoms with Gasteiger partial charge in [-0.3, -0.25) is 0 Å². The number of carboxylic acids is 1. The van der Waals surface area contributed by atoms with E-state index < -0.39 is 11.6 Å². The van der Waals surface area contributed by atoms with Crippen LogP contribution in [0.25, 0.3) is 5.57 Å². The molecule has 3 N–H and O–H groups in total. The number of nitrogens with zero attached hydrogens (tertiary/aromatic N) is 3. The zero-order chi connectivity index (χ0) is 25.4. The van der Waals surface area contributed by atoms with Gasteiger partial charge in [0.2, 0.25) is 0 Å². The molecule has 0 bridgehead atoms. The number of hydrogen-bond acceptors (Lipinski definition) is 8. The summed E-state index contributed by atoms with van der Waals surface area (Å²) in [6.45, 7) is 9.64. The number of carboxylic acid groups (broad SMARTS) is 1. The predicted molar refractivity (Wildman–Crippen MR) is 136 cm³/mol. The number of rotatable bonds is 11. The molecule has 1 fully saturated rings. The number of carbonyl (C=O) groups is 1. The Morgan fingerprint density at radius 3 is 2.51 bits per heavy atom. The first-order chi connectivity index (χ1) is 16.7. The minimum Gasteiger partial charge on any atom is -0.478 e. The quantitative estimate of drug-likeness (QED) is 0.402. The van der Waals surface area contributed by atoms with Crippen LogP contribution >= 0.6 is 0 Å². The topological polar surface area (TPSA) is 117 Å². The third-order valence-corrected chi connectivity index (χ3v) is 5.72. The molecule has 9 heteroatoms. The molecule has 2 aromatic rings. The van der Waals surface area contributed by atoms with Gasteiger partial charge in [0, 0.05) is 31.9 Å². The molecule has 0 spiro atoms. The van der Waals surface area contributed by atoms with E-state index >= 15 is 0 Å². The molecule has 190 valence electrons. The first-order valence-corrected chi connectivity index (χ1v) is 12.1. The Hall–Kier alpha value is -3.17. The van der Waals surface area contributed by atoms with E-state index in [9.17, 15) is 15.0 Å². The molecule has 1 aliphatic heterocycles. The summed E-state index contributed by atoms with van der Waals surface area (Å²) in [5.74, 6) is -0.980. The first-order valence-electron chi connectivity index (χ1n) is 12.1. The maximum absolute atomic E-state index is 11.4. The second kappa shape index (κ2) is 12.0. The highest BCUT2D eigenvalue weighted by Crippen LogP contribution is 2.36. The van der Waals surface area contributed by atoms with Crippen molar-refractivity contribution in [3.8, 4) is 6.01 Å². The SMILES string of the molecule is CCOc1ncc(Nc2cc(/C(=C/C(=O)O)CC)ccc2N(CC(C)(C)O)C2CCOCC2)cn1. The average molecular weight is 485 g/mol. The monoisotopic (exact) mass is 484 g/mol. The standard InChI is InChI=1S/C26H36N4O5/c1-5-18(14-24(31)32)19-7-8-23(30(17-26(3,4)33)21-9-11-34-12-10-21)22(13-19)29-20-15-27-25(28-16-20)35-6-2/h7-8,13-16,21,29,33H,5-6,9-12,17H2,1-4H3,(H,31,32)/b18-14+. The summed E-state index contributed by atoms with van der Waals surface area (Å²) >= 11 is 0. The van der Waals surface area contributed by atoms with Gasteiger partial charge in [0.25, 0.3) is 0 Å². The Morgan fingerprint density at radius 1 is 1.26 bits per heavy atom. The lowest BCUT2D eigenvalue weighted by Gasteiger charge is -2.40. The van der Waals surface area contributed by atoms with Crippen molar-refractivity contribution in [1.82, 2.24) is 9.97 Å². The minimum absolute atomic E-state index is 0.193. The molecule has 3 rings (SSSR count). The Kier molecular flexibility index (Phi) is 9.06. The third-order valence-electron chi connectivity index (χ3n) is 5.72. The van der Waals surface area contributed by atoms with Gasteiger partial charge >= 0.3 is 12.0 Å². The molecule has 9 nitrogen and oxygen atoms in total. The van der Waals surface area contributed by atoms with E-state index in [1.54, 1.807) is 26.2 Å². The lowest BCUT2D eigenvalue weighted by molar-refractivity contribution is -0.131. The second-order valence-corrected chi connectivity index (χ2v) is 9.19. The molecule has 0 aliphatic carbocycles. The van der Waals surface area contributed by atoms with E-state index in [0.29, 0.717) is 44.5 Å². The smallest absolute Gasteiger partial charge is 0.328 e. The van der Waals surface area contributed by atoms with Crippen molar-refractivity contribution in [2.24, 2.45) is 0 Å². The van der Waals surface area contributed by atoms with E-state index in [0.717, 1.165) is 35.4 Å². The van der Waals surface area contributed by atoms with Gasteiger partial charge in [-0.2, -0.15) is 0 Å². The van der Waals surface area contributed by atoms with Gasteiger partial charge in [-0.15, -0.1) is 0 Å². The van der Waals surface area contributed by atoms with E-state index in [4.69, 9.17) is 9.47 Å². The molecule has 0 atom stereocenters. The molecule has 1 aliphatic rings. The fourth-order valence-electron chi connectivity index (χ4n) is 4.19. The molecule has 0 radical (unpaired) electrons. The number of anilines is 3. The fourth-order valence-corrected chi connectivity index (χ4v) is 4.19. The van der Waals surface area contributed by atoms with Gasteiger partial charge in [-0.1, -0.05) is 13.0 Å². The number of aromatic nitrogens is 2. The lowest BCUT2D eigenvalue weighted by Crippen LogP contribution is -2.47. The number of ether oxygens (including phenoxy) is 2. The first kappa shape index (κ1) is 26.4. The minimum atomic E-state index is -0.980. The molecule has 35 heavy (non-hydrogen) atoms. The summed E-state index contributed by atoms with van der Waals surface area (Å²) in [5.41, 5.74) is 2.95. The van der Waals surface area contributed by atoms with Gasteiger partial charge in [-0.25, -0.2) is 14.8 Å². The van der Waals surface area contributed by atoms with E-state index in [2.05, 4.69) is 20.2 Å². The Labute approximate surface area is 206 Å². The van der Waals surface area contributed by atoms with Crippen molar-refractivity contribution < 1.29 is 24.5 Å². The van der Waals surface area contributed by atoms with Gasteiger partial charge in [-0.05, 0) is 63.3 Å². The summed E-state index contributed by atoms with van der Waals surface area (Å²) in [6, 6.07) is 6.36. The highest BCUT2D eigenvalue weighted by atomic mass is 16.5. The number of nitrogens with one attached hydrogen (secondary N) is 1. The summed E-state index contributed by atoms with van der Waals surface area (Å²) in [7, 11) is 0. The van der Waals surface area contributed by atoms with Gasteiger partial charge in [0.05, 0.1) is 41.7 Å². The van der Waals surface area contributed by atoms with Crippen molar-refractivity contribution >= 4 is 28.6 Å². The molecule has 2 heterocycles. The zero-order valence-corrected chi connectivity index (χ0v) is 21.0. The van der Waals surface area contributed by atoms with Crippen LogP contribution in [-0.4, -0.2) is 64.2 Å². The number of benzene rings is 1. The van der Waals surface area contributed by atoms with E-state index in [-0.39, 0.29) is 6.04 Å². The van der Waals surface area contributed by atoms with Gasteiger partial charge in [0.1, 0.15) is 0 Å².